The lowest BCUT2D eigenvalue weighted by atomic mass is 10.1. The predicted octanol–water partition coefficient (Wildman–Crippen LogP) is 3.02. The number of amides is 1. The molecule has 0 saturated heterocycles. The molecule has 1 amide bonds. The van der Waals surface area contributed by atoms with Crippen LogP contribution >= 0.6 is 0 Å². The average Bonchev–Trinajstić information content (AvgIpc) is 3.24. The molecule has 2 aromatic heterocycles. The van der Waals surface area contributed by atoms with Crippen molar-refractivity contribution in [3.05, 3.63) is 66.9 Å². The molecule has 0 aliphatic carbocycles. The van der Waals surface area contributed by atoms with Crippen LogP contribution in [0.4, 0.5) is 0 Å². The van der Waals surface area contributed by atoms with Crippen molar-refractivity contribution >= 4 is 5.91 Å². The van der Waals surface area contributed by atoms with Gasteiger partial charge in [-0.1, -0.05) is 30.3 Å². The van der Waals surface area contributed by atoms with Crippen molar-refractivity contribution in [2.45, 2.75) is 19.5 Å². The Kier molecular flexibility index (Phi) is 4.05. The van der Waals surface area contributed by atoms with Crippen LogP contribution in [-0.4, -0.2) is 15.7 Å². The minimum absolute atomic E-state index is 0.0980. The molecule has 0 unspecified atom stereocenters. The van der Waals surface area contributed by atoms with Gasteiger partial charge in [0, 0.05) is 11.8 Å². The zero-order valence-electron chi connectivity index (χ0n) is 12.3. The van der Waals surface area contributed by atoms with E-state index in [1.54, 1.807) is 23.2 Å². The second kappa shape index (κ2) is 6.30. The van der Waals surface area contributed by atoms with Crippen molar-refractivity contribution in [1.82, 2.24) is 15.1 Å². The molecule has 3 aromatic rings. The molecule has 0 aliphatic rings. The van der Waals surface area contributed by atoms with Gasteiger partial charge in [-0.2, -0.15) is 5.10 Å². The van der Waals surface area contributed by atoms with Gasteiger partial charge in [0.2, 0.25) is 5.91 Å². The Morgan fingerprint density at radius 3 is 2.77 bits per heavy atom. The maximum atomic E-state index is 12.2. The van der Waals surface area contributed by atoms with Gasteiger partial charge in [-0.3, -0.25) is 9.48 Å². The Labute approximate surface area is 128 Å². The lowest BCUT2D eigenvalue weighted by Gasteiger charge is -2.11. The fourth-order valence-corrected chi connectivity index (χ4v) is 2.18. The summed E-state index contributed by atoms with van der Waals surface area (Å²) in [6.07, 6.45) is 5.24. The van der Waals surface area contributed by atoms with Crippen molar-refractivity contribution in [2.75, 3.05) is 0 Å². The molecule has 112 valence electrons. The van der Waals surface area contributed by atoms with Gasteiger partial charge >= 0.3 is 0 Å². The summed E-state index contributed by atoms with van der Waals surface area (Å²) in [6.45, 7) is 2.20. The highest BCUT2D eigenvalue weighted by Crippen LogP contribution is 2.19. The topological polar surface area (TPSA) is 60.1 Å². The summed E-state index contributed by atoms with van der Waals surface area (Å²) in [4.78, 5) is 12.2. The molecule has 1 N–H and O–H groups in total. The molecular formula is C17H17N3O2. The van der Waals surface area contributed by atoms with Crippen LogP contribution in [0.15, 0.2) is 65.5 Å². The van der Waals surface area contributed by atoms with Gasteiger partial charge < -0.3 is 9.73 Å². The Hall–Kier alpha value is -2.82. The summed E-state index contributed by atoms with van der Waals surface area (Å²) in [7, 11) is 0. The highest BCUT2D eigenvalue weighted by molar-refractivity contribution is 5.79. The Morgan fingerprint density at radius 1 is 1.23 bits per heavy atom. The van der Waals surface area contributed by atoms with Gasteiger partial charge in [-0.15, -0.1) is 0 Å². The maximum Gasteiger partial charge on any atom is 0.244 e. The van der Waals surface area contributed by atoms with Crippen LogP contribution in [0.2, 0.25) is 0 Å². The van der Waals surface area contributed by atoms with E-state index in [1.807, 2.05) is 49.5 Å². The Bertz CT molecular complexity index is 732. The first kappa shape index (κ1) is 14.1. The second-order valence-electron chi connectivity index (χ2n) is 5.05. The van der Waals surface area contributed by atoms with Crippen molar-refractivity contribution in [1.29, 1.82) is 0 Å². The van der Waals surface area contributed by atoms with E-state index in [-0.39, 0.29) is 11.9 Å². The molecule has 0 bridgehead atoms. The van der Waals surface area contributed by atoms with Crippen LogP contribution in [-0.2, 0) is 11.3 Å². The first-order chi connectivity index (χ1) is 10.7. The normalized spacial score (nSPS) is 12.0. The quantitative estimate of drug-likeness (QED) is 0.787. The lowest BCUT2D eigenvalue weighted by molar-refractivity contribution is -0.124. The number of aromatic nitrogens is 2. The van der Waals surface area contributed by atoms with Gasteiger partial charge in [0.05, 0.1) is 19.0 Å². The first-order valence-electron chi connectivity index (χ1n) is 7.14. The maximum absolute atomic E-state index is 12.2. The minimum Gasteiger partial charge on any atom is -0.467 e. The molecule has 0 radical (unpaired) electrons. The molecule has 0 saturated carbocycles. The van der Waals surface area contributed by atoms with Crippen LogP contribution in [0.25, 0.3) is 11.1 Å². The zero-order chi connectivity index (χ0) is 15.4. The largest absolute Gasteiger partial charge is 0.467 e. The third-order valence-electron chi connectivity index (χ3n) is 3.50. The number of carbonyl (C=O) groups is 1. The van der Waals surface area contributed by atoms with Crippen LogP contribution in [0.1, 0.15) is 18.7 Å². The molecule has 1 atom stereocenters. The van der Waals surface area contributed by atoms with E-state index in [1.165, 1.54) is 0 Å². The number of nitrogens with one attached hydrogen (secondary N) is 1. The van der Waals surface area contributed by atoms with Gasteiger partial charge in [-0.05, 0) is 24.6 Å². The predicted molar refractivity (Wildman–Crippen MR) is 82.9 cm³/mol. The smallest absolute Gasteiger partial charge is 0.244 e. The summed E-state index contributed by atoms with van der Waals surface area (Å²) in [5.41, 5.74) is 2.07. The molecule has 0 aliphatic heterocycles. The number of benzene rings is 1. The van der Waals surface area contributed by atoms with E-state index in [2.05, 4.69) is 10.4 Å². The number of carbonyl (C=O) groups excluding carboxylic acids is 1. The second-order valence-corrected chi connectivity index (χ2v) is 5.05. The number of rotatable bonds is 5. The zero-order valence-corrected chi connectivity index (χ0v) is 12.3. The number of hydrogen-bond donors (Lipinski definition) is 1. The molecule has 5 heteroatoms. The first-order valence-corrected chi connectivity index (χ1v) is 7.14. The van der Waals surface area contributed by atoms with E-state index >= 15 is 0 Å². The molecule has 3 rings (SSSR count). The monoisotopic (exact) mass is 295 g/mol. The Morgan fingerprint density at radius 2 is 2.05 bits per heavy atom. The van der Waals surface area contributed by atoms with Gasteiger partial charge in [0.15, 0.2) is 0 Å². The van der Waals surface area contributed by atoms with Gasteiger partial charge in [0.25, 0.3) is 0 Å². The van der Waals surface area contributed by atoms with Crippen molar-refractivity contribution in [2.24, 2.45) is 0 Å². The van der Waals surface area contributed by atoms with Gasteiger partial charge in [0.1, 0.15) is 11.8 Å². The van der Waals surface area contributed by atoms with Crippen molar-refractivity contribution < 1.29 is 9.21 Å². The summed E-state index contributed by atoms with van der Waals surface area (Å²) >= 11 is 0. The summed E-state index contributed by atoms with van der Waals surface area (Å²) in [5.74, 6) is 0.630. The number of hydrogen-bond acceptors (Lipinski definition) is 3. The van der Waals surface area contributed by atoms with Crippen LogP contribution < -0.4 is 5.32 Å². The van der Waals surface area contributed by atoms with E-state index in [0.29, 0.717) is 6.54 Å². The van der Waals surface area contributed by atoms with E-state index < -0.39 is 0 Å². The average molecular weight is 295 g/mol. The molecule has 5 nitrogen and oxygen atoms in total. The minimum atomic E-state index is -0.382. The molecule has 0 spiro atoms. The third kappa shape index (κ3) is 3.09. The molecule has 2 heterocycles. The SMILES string of the molecule is C[C@H](C(=O)NCc1ccco1)n1cc(-c2ccccc2)cn1. The van der Waals surface area contributed by atoms with Crippen molar-refractivity contribution in [3.63, 3.8) is 0 Å². The highest BCUT2D eigenvalue weighted by atomic mass is 16.3. The third-order valence-corrected chi connectivity index (χ3v) is 3.50. The van der Waals surface area contributed by atoms with Crippen molar-refractivity contribution in [3.8, 4) is 11.1 Å². The molecule has 1 aromatic carbocycles. The van der Waals surface area contributed by atoms with Crippen LogP contribution in [0.5, 0.6) is 0 Å². The molecule has 22 heavy (non-hydrogen) atoms. The van der Waals surface area contributed by atoms with E-state index in [0.717, 1.165) is 16.9 Å². The fourth-order valence-electron chi connectivity index (χ4n) is 2.18. The standard InChI is InChI=1S/C17H17N3O2/c1-13(17(21)18-11-16-8-5-9-22-16)20-12-15(10-19-20)14-6-3-2-4-7-14/h2-10,12-13H,11H2,1H3,(H,18,21)/t13-/m1/s1. The fraction of sp³-hybridized carbons (Fsp3) is 0.176. The Balaban J connectivity index is 1.66. The molecular weight excluding hydrogens is 278 g/mol. The van der Waals surface area contributed by atoms with E-state index in [9.17, 15) is 4.79 Å². The number of furan rings is 1. The molecule has 0 fully saturated rings. The summed E-state index contributed by atoms with van der Waals surface area (Å²) < 4.78 is 6.86. The van der Waals surface area contributed by atoms with Gasteiger partial charge in [-0.25, -0.2) is 0 Å². The van der Waals surface area contributed by atoms with Crippen LogP contribution in [0, 0.1) is 0 Å². The lowest BCUT2D eigenvalue weighted by Crippen LogP contribution is -2.30. The summed E-state index contributed by atoms with van der Waals surface area (Å²) in [6, 6.07) is 13.2. The highest BCUT2D eigenvalue weighted by Gasteiger charge is 2.16. The summed E-state index contributed by atoms with van der Waals surface area (Å²) in [5, 5.41) is 7.13. The number of nitrogens with zero attached hydrogens (tertiary/aromatic N) is 2. The van der Waals surface area contributed by atoms with E-state index in [4.69, 9.17) is 4.42 Å². The van der Waals surface area contributed by atoms with Crippen LogP contribution in [0.3, 0.4) is 0 Å².